The minimum Gasteiger partial charge on any atom is -0.480 e. The van der Waals surface area contributed by atoms with Crippen LogP contribution in [0.1, 0.15) is 36.7 Å². The molecule has 8 heteroatoms. The predicted octanol–water partition coefficient (Wildman–Crippen LogP) is 4.55. The number of nitrogens with zero attached hydrogens (tertiary/aromatic N) is 1. The minimum atomic E-state index is -1.07. The van der Waals surface area contributed by atoms with Crippen LogP contribution in [0.4, 0.5) is 5.69 Å². The Bertz CT molecular complexity index is 933. The number of carbonyl (C=O) groups is 3. The van der Waals surface area contributed by atoms with Crippen molar-refractivity contribution in [3.05, 3.63) is 65.7 Å². The fourth-order valence-corrected chi connectivity index (χ4v) is 4.75. The Hall–Kier alpha value is -2.45. The number of carbonyl (C=O) groups excluding carboxylic acids is 2. The molecule has 0 aromatic heterocycles. The van der Waals surface area contributed by atoms with E-state index in [1.807, 2.05) is 37.4 Å². The molecule has 0 heterocycles. The first-order chi connectivity index (χ1) is 15.6. The Morgan fingerprint density at radius 1 is 1.06 bits per heavy atom. The van der Waals surface area contributed by atoms with E-state index in [1.165, 1.54) is 11.8 Å². The molecule has 0 saturated heterocycles. The second-order valence-corrected chi connectivity index (χ2v) is 10.4. The summed E-state index contributed by atoms with van der Waals surface area (Å²) in [6.07, 6.45) is 0. The SMILES string of the molecule is CCN(C)c1ccc(CSC[C@H](NC(=O)C(C)(C)CSC(=O)c2ccccc2)C(=O)O)cc1. The third kappa shape index (κ3) is 8.44. The van der Waals surface area contributed by atoms with Crippen LogP contribution in [0.2, 0.25) is 0 Å². The molecule has 0 aliphatic carbocycles. The van der Waals surface area contributed by atoms with E-state index in [1.54, 1.807) is 38.1 Å². The van der Waals surface area contributed by atoms with Crippen molar-refractivity contribution in [1.82, 2.24) is 5.32 Å². The number of anilines is 1. The highest BCUT2D eigenvalue weighted by atomic mass is 32.2. The van der Waals surface area contributed by atoms with Crippen LogP contribution in [-0.2, 0) is 15.3 Å². The van der Waals surface area contributed by atoms with Crippen molar-refractivity contribution >= 4 is 46.2 Å². The summed E-state index contributed by atoms with van der Waals surface area (Å²) in [5.41, 5.74) is 1.91. The summed E-state index contributed by atoms with van der Waals surface area (Å²) in [7, 11) is 2.03. The summed E-state index contributed by atoms with van der Waals surface area (Å²) in [6.45, 7) is 6.44. The number of carboxylic acids is 1. The van der Waals surface area contributed by atoms with Crippen molar-refractivity contribution in [3.63, 3.8) is 0 Å². The number of rotatable bonds is 12. The first kappa shape index (κ1) is 26.8. The molecule has 0 fully saturated rings. The number of aliphatic carboxylic acids is 1. The number of thioether (sulfide) groups is 2. The molecule has 2 aromatic carbocycles. The van der Waals surface area contributed by atoms with Gasteiger partial charge in [0.05, 0.1) is 5.41 Å². The Morgan fingerprint density at radius 3 is 2.27 bits per heavy atom. The van der Waals surface area contributed by atoms with Gasteiger partial charge in [-0.2, -0.15) is 11.8 Å². The number of carboxylic acid groups (broad SMARTS) is 1. The maximum atomic E-state index is 12.8. The van der Waals surface area contributed by atoms with Crippen molar-refractivity contribution in [2.24, 2.45) is 5.41 Å². The maximum absolute atomic E-state index is 12.8. The molecular formula is C25H32N2O4S2. The minimum absolute atomic E-state index is 0.113. The van der Waals surface area contributed by atoms with Gasteiger partial charge in [0.1, 0.15) is 6.04 Å². The molecule has 2 N–H and O–H groups in total. The summed E-state index contributed by atoms with van der Waals surface area (Å²) >= 11 is 2.53. The lowest BCUT2D eigenvalue weighted by Crippen LogP contribution is -2.48. The fraction of sp³-hybridized carbons (Fsp3) is 0.400. The summed E-state index contributed by atoms with van der Waals surface area (Å²) in [5, 5.41) is 12.1. The highest BCUT2D eigenvalue weighted by molar-refractivity contribution is 8.14. The van der Waals surface area contributed by atoms with Gasteiger partial charge in [-0.15, -0.1) is 0 Å². The normalized spacial score (nSPS) is 12.1. The van der Waals surface area contributed by atoms with Crippen LogP contribution >= 0.6 is 23.5 Å². The lowest BCUT2D eigenvalue weighted by Gasteiger charge is -2.25. The molecule has 0 aliphatic rings. The Kier molecular flexibility index (Phi) is 10.3. The standard InChI is InChI=1S/C25H32N2O4S2/c1-5-27(4)20-13-11-18(12-14-20)15-32-16-21(22(28)29)26-24(31)25(2,3)17-33-23(30)19-9-7-6-8-10-19/h6-14,21H,5,15-17H2,1-4H3,(H,26,31)(H,28,29)/t21-/m0/s1. The molecule has 0 unspecified atom stereocenters. The van der Waals surface area contributed by atoms with Gasteiger partial charge in [0, 0.05) is 42.1 Å². The van der Waals surface area contributed by atoms with Crippen molar-refractivity contribution < 1.29 is 19.5 Å². The van der Waals surface area contributed by atoms with E-state index >= 15 is 0 Å². The van der Waals surface area contributed by atoms with E-state index in [9.17, 15) is 19.5 Å². The lowest BCUT2D eigenvalue weighted by molar-refractivity contribution is -0.142. The third-order valence-electron chi connectivity index (χ3n) is 5.20. The van der Waals surface area contributed by atoms with Gasteiger partial charge in [-0.3, -0.25) is 9.59 Å². The van der Waals surface area contributed by atoms with E-state index in [4.69, 9.17) is 0 Å². The van der Waals surface area contributed by atoms with Gasteiger partial charge >= 0.3 is 5.97 Å². The third-order valence-corrected chi connectivity index (χ3v) is 7.67. The summed E-state index contributed by atoms with van der Waals surface area (Å²) in [5.74, 6) is -0.287. The summed E-state index contributed by atoms with van der Waals surface area (Å²) in [6, 6.07) is 16.0. The first-order valence-electron chi connectivity index (χ1n) is 10.8. The van der Waals surface area contributed by atoms with Gasteiger partial charge < -0.3 is 15.3 Å². The molecule has 0 spiro atoms. The molecule has 1 amide bonds. The second kappa shape index (κ2) is 12.7. The Labute approximate surface area is 204 Å². The highest BCUT2D eigenvalue weighted by Crippen LogP contribution is 2.25. The van der Waals surface area contributed by atoms with Gasteiger partial charge in [0.15, 0.2) is 0 Å². The molecule has 2 rings (SSSR count). The van der Waals surface area contributed by atoms with Gasteiger partial charge in [0.2, 0.25) is 11.0 Å². The average molecular weight is 489 g/mol. The number of nitrogens with one attached hydrogen (secondary N) is 1. The van der Waals surface area contributed by atoms with Crippen LogP contribution in [0.5, 0.6) is 0 Å². The van der Waals surface area contributed by atoms with Gasteiger partial charge in [-0.1, -0.05) is 68.1 Å². The molecule has 0 aliphatic heterocycles. The molecule has 33 heavy (non-hydrogen) atoms. The number of amides is 1. The zero-order chi connectivity index (χ0) is 24.4. The quantitative estimate of drug-likeness (QED) is 0.453. The topological polar surface area (TPSA) is 86.7 Å². The molecule has 178 valence electrons. The molecule has 2 aromatic rings. The number of hydrogen-bond acceptors (Lipinski definition) is 6. The van der Waals surface area contributed by atoms with Crippen molar-refractivity contribution in [1.29, 1.82) is 0 Å². The van der Waals surface area contributed by atoms with E-state index in [2.05, 4.69) is 17.1 Å². The first-order valence-corrected chi connectivity index (χ1v) is 12.9. The second-order valence-electron chi connectivity index (χ2n) is 8.39. The molecule has 0 radical (unpaired) electrons. The van der Waals surface area contributed by atoms with E-state index in [0.717, 1.165) is 29.6 Å². The smallest absolute Gasteiger partial charge is 0.327 e. The van der Waals surface area contributed by atoms with Crippen LogP contribution in [0, 0.1) is 5.41 Å². The monoisotopic (exact) mass is 488 g/mol. The van der Waals surface area contributed by atoms with Crippen LogP contribution in [0.3, 0.4) is 0 Å². The maximum Gasteiger partial charge on any atom is 0.327 e. The molecule has 1 atom stereocenters. The van der Waals surface area contributed by atoms with Crippen LogP contribution in [0.15, 0.2) is 54.6 Å². The molecule has 0 bridgehead atoms. The van der Waals surface area contributed by atoms with E-state index in [0.29, 0.717) is 11.3 Å². The highest BCUT2D eigenvalue weighted by Gasteiger charge is 2.32. The molecule has 6 nitrogen and oxygen atoms in total. The number of hydrogen-bond donors (Lipinski definition) is 2. The van der Waals surface area contributed by atoms with E-state index in [-0.39, 0.29) is 22.5 Å². The van der Waals surface area contributed by atoms with Crippen molar-refractivity contribution in [2.45, 2.75) is 32.6 Å². The zero-order valence-corrected chi connectivity index (χ0v) is 21.2. The van der Waals surface area contributed by atoms with Gasteiger partial charge in [0.25, 0.3) is 0 Å². The van der Waals surface area contributed by atoms with Crippen LogP contribution < -0.4 is 10.2 Å². The Balaban J connectivity index is 1.86. The Morgan fingerprint density at radius 2 is 1.70 bits per heavy atom. The van der Waals surface area contributed by atoms with Crippen LogP contribution in [0.25, 0.3) is 0 Å². The molecular weight excluding hydrogens is 456 g/mol. The fourth-order valence-electron chi connectivity index (χ4n) is 2.82. The van der Waals surface area contributed by atoms with E-state index < -0.39 is 17.4 Å². The van der Waals surface area contributed by atoms with Gasteiger partial charge in [-0.25, -0.2) is 4.79 Å². The van der Waals surface area contributed by atoms with Gasteiger partial charge in [-0.05, 0) is 24.6 Å². The zero-order valence-electron chi connectivity index (χ0n) is 19.5. The largest absolute Gasteiger partial charge is 0.480 e. The van der Waals surface area contributed by atoms with Crippen molar-refractivity contribution in [2.75, 3.05) is 30.0 Å². The number of benzene rings is 2. The lowest BCUT2D eigenvalue weighted by atomic mass is 9.95. The summed E-state index contributed by atoms with van der Waals surface area (Å²) in [4.78, 5) is 39.0. The predicted molar refractivity (Wildman–Crippen MR) is 138 cm³/mol. The van der Waals surface area contributed by atoms with Crippen molar-refractivity contribution in [3.8, 4) is 0 Å². The summed E-state index contributed by atoms with van der Waals surface area (Å²) < 4.78 is 0. The molecule has 0 saturated carbocycles. The van der Waals surface area contributed by atoms with Crippen LogP contribution in [-0.4, -0.2) is 53.2 Å². The average Bonchev–Trinajstić information content (AvgIpc) is 2.82.